The molecule has 0 spiro atoms. The van der Waals surface area contributed by atoms with E-state index < -0.39 is 0 Å². The molecule has 2 heterocycles. The Balaban J connectivity index is 1.80. The zero-order valence-corrected chi connectivity index (χ0v) is 11.7. The third kappa shape index (κ3) is 2.44. The highest BCUT2D eigenvalue weighted by Gasteiger charge is 2.21. The summed E-state index contributed by atoms with van der Waals surface area (Å²) in [7, 11) is 0. The minimum atomic E-state index is -0.242. The van der Waals surface area contributed by atoms with E-state index in [0.29, 0.717) is 23.3 Å². The summed E-state index contributed by atoms with van der Waals surface area (Å²) in [6.45, 7) is 1.98. The topological polar surface area (TPSA) is 52.3 Å². The van der Waals surface area contributed by atoms with Gasteiger partial charge >= 0.3 is 5.97 Å². The van der Waals surface area contributed by atoms with Crippen LogP contribution >= 0.6 is 11.3 Å². The van der Waals surface area contributed by atoms with E-state index in [1.54, 1.807) is 29.5 Å². The van der Waals surface area contributed by atoms with E-state index in [1.807, 2.05) is 23.8 Å². The lowest BCUT2D eigenvalue weighted by Gasteiger charge is -2.12. The molecule has 0 bridgehead atoms. The maximum atomic E-state index is 12.3. The van der Waals surface area contributed by atoms with E-state index in [2.05, 4.69) is 4.98 Å². The summed E-state index contributed by atoms with van der Waals surface area (Å²) in [6, 6.07) is 7.13. The van der Waals surface area contributed by atoms with Crippen LogP contribution < -0.4 is 4.74 Å². The van der Waals surface area contributed by atoms with E-state index >= 15 is 0 Å². The number of aromatic nitrogens is 1. The number of carbonyl (C=O) groups is 1. The van der Waals surface area contributed by atoms with E-state index in [-0.39, 0.29) is 11.9 Å². The van der Waals surface area contributed by atoms with Gasteiger partial charge in [0.2, 0.25) is 0 Å². The molecular weight excluding hydrogens is 274 g/mol. The zero-order valence-electron chi connectivity index (χ0n) is 10.9. The molecule has 0 fully saturated rings. The SMILES string of the molecule is CCC(C(=O)Oc1ccc2ocnc2c1)c1ccsc1. The molecule has 102 valence electrons. The monoisotopic (exact) mass is 287 g/mol. The predicted molar refractivity (Wildman–Crippen MR) is 77.0 cm³/mol. The molecule has 1 aromatic carbocycles. The van der Waals surface area contributed by atoms with Crippen molar-refractivity contribution >= 4 is 28.4 Å². The molecule has 0 saturated heterocycles. The fourth-order valence-electron chi connectivity index (χ4n) is 2.10. The van der Waals surface area contributed by atoms with Crippen LogP contribution in [0.2, 0.25) is 0 Å². The number of thiophene rings is 1. The van der Waals surface area contributed by atoms with Gasteiger partial charge in [0, 0.05) is 6.07 Å². The van der Waals surface area contributed by atoms with Gasteiger partial charge in [-0.1, -0.05) is 6.92 Å². The first-order chi connectivity index (χ1) is 9.78. The van der Waals surface area contributed by atoms with E-state index in [0.717, 1.165) is 5.56 Å². The summed E-state index contributed by atoms with van der Waals surface area (Å²) < 4.78 is 10.6. The molecule has 3 aromatic rings. The highest BCUT2D eigenvalue weighted by molar-refractivity contribution is 7.08. The van der Waals surface area contributed by atoms with Gasteiger partial charge in [-0.25, -0.2) is 4.98 Å². The zero-order chi connectivity index (χ0) is 13.9. The summed E-state index contributed by atoms with van der Waals surface area (Å²) in [5.41, 5.74) is 2.36. The third-order valence-corrected chi connectivity index (χ3v) is 3.86. The number of carbonyl (C=O) groups excluding carboxylic acids is 1. The average Bonchev–Trinajstić information content (AvgIpc) is 3.09. The second kappa shape index (κ2) is 5.46. The predicted octanol–water partition coefficient (Wildman–Crippen LogP) is 3.99. The second-order valence-corrected chi connectivity index (χ2v) is 5.20. The van der Waals surface area contributed by atoms with Gasteiger partial charge in [0.05, 0.1) is 5.92 Å². The van der Waals surface area contributed by atoms with Crippen molar-refractivity contribution in [2.45, 2.75) is 19.3 Å². The molecule has 3 rings (SSSR count). The van der Waals surface area contributed by atoms with Gasteiger partial charge in [-0.15, -0.1) is 0 Å². The van der Waals surface area contributed by atoms with Crippen LogP contribution in [0.5, 0.6) is 5.75 Å². The molecule has 2 aromatic heterocycles. The van der Waals surface area contributed by atoms with Crippen molar-refractivity contribution in [2.75, 3.05) is 0 Å². The fraction of sp³-hybridized carbons (Fsp3) is 0.200. The Morgan fingerprint density at radius 3 is 3.10 bits per heavy atom. The number of esters is 1. The van der Waals surface area contributed by atoms with Crippen LogP contribution in [0.3, 0.4) is 0 Å². The summed E-state index contributed by atoms with van der Waals surface area (Å²) in [5, 5.41) is 3.95. The average molecular weight is 287 g/mol. The van der Waals surface area contributed by atoms with Gasteiger partial charge in [-0.3, -0.25) is 4.79 Å². The highest BCUT2D eigenvalue weighted by Crippen LogP contribution is 2.26. The Bertz CT molecular complexity index is 718. The maximum Gasteiger partial charge on any atom is 0.318 e. The van der Waals surface area contributed by atoms with Crippen molar-refractivity contribution in [3.63, 3.8) is 0 Å². The molecule has 0 aliphatic rings. The highest BCUT2D eigenvalue weighted by atomic mass is 32.1. The van der Waals surface area contributed by atoms with Crippen molar-refractivity contribution in [2.24, 2.45) is 0 Å². The quantitative estimate of drug-likeness (QED) is 0.538. The fourth-order valence-corrected chi connectivity index (χ4v) is 2.81. The van der Waals surface area contributed by atoms with Crippen molar-refractivity contribution in [1.82, 2.24) is 4.98 Å². The van der Waals surface area contributed by atoms with Crippen LogP contribution in [0.1, 0.15) is 24.8 Å². The van der Waals surface area contributed by atoms with Crippen LogP contribution in [0.25, 0.3) is 11.1 Å². The number of rotatable bonds is 4. The van der Waals surface area contributed by atoms with E-state index in [1.165, 1.54) is 6.39 Å². The Hall–Kier alpha value is -2.14. The molecule has 0 N–H and O–H groups in total. The molecule has 0 aliphatic heterocycles. The van der Waals surface area contributed by atoms with E-state index in [4.69, 9.17) is 9.15 Å². The third-order valence-electron chi connectivity index (χ3n) is 3.16. The summed E-state index contributed by atoms with van der Waals surface area (Å²) in [6.07, 6.45) is 2.08. The number of nitrogens with zero attached hydrogens (tertiary/aromatic N) is 1. The van der Waals surface area contributed by atoms with Crippen LogP contribution in [-0.4, -0.2) is 11.0 Å². The molecule has 0 radical (unpaired) electrons. The first-order valence-electron chi connectivity index (χ1n) is 6.35. The number of hydrogen-bond donors (Lipinski definition) is 0. The summed E-state index contributed by atoms with van der Waals surface area (Å²) >= 11 is 1.58. The van der Waals surface area contributed by atoms with Gasteiger partial charge in [0.25, 0.3) is 0 Å². The van der Waals surface area contributed by atoms with Crippen LogP contribution in [0, 0.1) is 0 Å². The first-order valence-corrected chi connectivity index (χ1v) is 7.29. The normalized spacial score (nSPS) is 12.4. The van der Waals surface area contributed by atoms with E-state index in [9.17, 15) is 4.79 Å². The van der Waals surface area contributed by atoms with Crippen LogP contribution in [0.15, 0.2) is 45.8 Å². The number of ether oxygens (including phenoxy) is 1. The second-order valence-electron chi connectivity index (χ2n) is 4.42. The Labute approximate surface area is 120 Å². The lowest BCUT2D eigenvalue weighted by atomic mass is 10.00. The van der Waals surface area contributed by atoms with Gasteiger partial charge in [-0.2, -0.15) is 11.3 Å². The minimum Gasteiger partial charge on any atom is -0.443 e. The Morgan fingerprint density at radius 1 is 1.45 bits per heavy atom. The largest absolute Gasteiger partial charge is 0.443 e. The van der Waals surface area contributed by atoms with Crippen molar-refractivity contribution in [3.05, 3.63) is 47.0 Å². The number of oxazole rings is 1. The standard InChI is InChI=1S/C15H13NO3S/c1-2-12(10-5-6-20-8-10)15(17)19-11-3-4-14-13(7-11)16-9-18-14/h3-9,12H,2H2,1H3. The Morgan fingerprint density at radius 2 is 2.35 bits per heavy atom. The number of benzene rings is 1. The van der Waals surface area contributed by atoms with Crippen molar-refractivity contribution in [3.8, 4) is 5.75 Å². The maximum absolute atomic E-state index is 12.3. The molecule has 0 saturated carbocycles. The van der Waals surface area contributed by atoms with Gasteiger partial charge in [0.1, 0.15) is 11.3 Å². The van der Waals surface area contributed by atoms with Crippen LogP contribution in [-0.2, 0) is 4.79 Å². The van der Waals surface area contributed by atoms with Crippen LogP contribution in [0.4, 0.5) is 0 Å². The summed E-state index contributed by atoms with van der Waals surface area (Å²) in [4.78, 5) is 16.3. The molecular formula is C15H13NO3S. The van der Waals surface area contributed by atoms with Crippen molar-refractivity contribution < 1.29 is 13.9 Å². The molecule has 0 amide bonds. The molecule has 0 aliphatic carbocycles. The summed E-state index contributed by atoms with van der Waals surface area (Å²) in [5.74, 6) is 0.0214. The molecule has 1 atom stereocenters. The number of fused-ring (bicyclic) bond motifs is 1. The molecule has 1 unspecified atom stereocenters. The smallest absolute Gasteiger partial charge is 0.318 e. The number of hydrogen-bond acceptors (Lipinski definition) is 5. The lowest BCUT2D eigenvalue weighted by molar-refractivity contribution is -0.136. The van der Waals surface area contributed by atoms with Gasteiger partial charge < -0.3 is 9.15 Å². The minimum absolute atomic E-state index is 0.228. The van der Waals surface area contributed by atoms with Gasteiger partial charge in [-0.05, 0) is 40.9 Å². The first kappa shape index (κ1) is 12.9. The van der Waals surface area contributed by atoms with Gasteiger partial charge in [0.15, 0.2) is 12.0 Å². The lowest BCUT2D eigenvalue weighted by Crippen LogP contribution is -2.17. The Kier molecular flexibility index (Phi) is 3.52. The molecule has 20 heavy (non-hydrogen) atoms. The molecule has 4 nitrogen and oxygen atoms in total. The van der Waals surface area contributed by atoms with Crippen molar-refractivity contribution in [1.29, 1.82) is 0 Å². The molecule has 5 heteroatoms.